The zero-order chi connectivity index (χ0) is 23.7. The molecule has 0 radical (unpaired) electrons. The number of ether oxygens (including phenoxy) is 2. The number of amides is 4. The third-order valence-corrected chi connectivity index (χ3v) is 5.85. The van der Waals surface area contributed by atoms with Crippen molar-refractivity contribution in [2.75, 3.05) is 39.7 Å². The third kappa shape index (κ3) is 4.09. The second-order valence-corrected chi connectivity index (χ2v) is 7.96. The fourth-order valence-corrected chi connectivity index (χ4v) is 4.13. The van der Waals surface area contributed by atoms with Crippen LogP contribution in [0.4, 0.5) is 10.5 Å². The zero-order valence-electron chi connectivity index (χ0n) is 19.0. The number of carbonyl (C=O) groups excluding carboxylic acids is 3. The van der Waals surface area contributed by atoms with Crippen molar-refractivity contribution in [3.63, 3.8) is 0 Å². The van der Waals surface area contributed by atoms with Gasteiger partial charge in [-0.05, 0) is 25.1 Å². The molecule has 2 heterocycles. The average Bonchev–Trinajstić information content (AvgIpc) is 3.13. The molecule has 0 fully saturated rings. The van der Waals surface area contributed by atoms with Crippen LogP contribution < -0.4 is 20.1 Å². The molecular formula is C24H26N4O5. The molecule has 2 aliphatic heterocycles. The first-order valence-corrected chi connectivity index (χ1v) is 10.5. The van der Waals surface area contributed by atoms with Crippen LogP contribution in [0.2, 0.25) is 0 Å². The Balaban J connectivity index is 1.60. The van der Waals surface area contributed by atoms with E-state index in [9.17, 15) is 14.4 Å². The van der Waals surface area contributed by atoms with E-state index in [4.69, 9.17) is 9.47 Å². The smallest absolute Gasteiger partial charge is 0.322 e. The van der Waals surface area contributed by atoms with Crippen LogP contribution in [-0.2, 0) is 9.59 Å². The Morgan fingerprint density at radius 3 is 2.52 bits per heavy atom. The van der Waals surface area contributed by atoms with Gasteiger partial charge in [-0.25, -0.2) is 4.79 Å². The maximum absolute atomic E-state index is 13.4. The van der Waals surface area contributed by atoms with Crippen molar-refractivity contribution < 1.29 is 23.9 Å². The number of urea groups is 1. The molecule has 0 spiro atoms. The maximum atomic E-state index is 13.4. The average molecular weight is 450 g/mol. The molecule has 0 saturated heterocycles. The molecule has 0 unspecified atom stereocenters. The minimum absolute atomic E-state index is 0.135. The number of hydrogen-bond donors (Lipinski definition) is 2. The number of carbonyl (C=O) groups is 3. The van der Waals surface area contributed by atoms with Gasteiger partial charge in [0.2, 0.25) is 5.91 Å². The molecule has 9 heteroatoms. The molecule has 0 bridgehead atoms. The first-order chi connectivity index (χ1) is 15.8. The number of nitrogens with zero attached hydrogens (tertiary/aromatic N) is 2. The van der Waals surface area contributed by atoms with Gasteiger partial charge in [0.1, 0.15) is 6.54 Å². The van der Waals surface area contributed by atoms with E-state index in [1.165, 1.54) is 24.0 Å². The Hall–Kier alpha value is -4.01. The third-order valence-electron chi connectivity index (χ3n) is 5.85. The number of methoxy groups -OCH3 is 2. The quantitative estimate of drug-likeness (QED) is 0.704. The molecule has 4 amide bonds. The molecule has 2 aromatic carbocycles. The molecule has 1 atom stereocenters. The van der Waals surface area contributed by atoms with Crippen molar-refractivity contribution in [1.82, 2.24) is 15.1 Å². The fourth-order valence-electron chi connectivity index (χ4n) is 4.13. The standard InChI is InChI=1S/C24H26N4O5/c1-14-8-10-15(11-9-14)25-19(29)13-28-12-17-20(23(28)30)21(26-24(31)27(17)2)16-6-5-7-18(32-3)22(16)33-4/h5-11,21H,12-13H2,1-4H3,(H,25,29)(H,26,31)/t21-/m0/s1. The van der Waals surface area contributed by atoms with E-state index in [2.05, 4.69) is 10.6 Å². The molecule has 0 aliphatic carbocycles. The summed E-state index contributed by atoms with van der Waals surface area (Å²) < 4.78 is 10.9. The largest absolute Gasteiger partial charge is 0.493 e. The molecule has 33 heavy (non-hydrogen) atoms. The Bertz CT molecular complexity index is 1140. The van der Waals surface area contributed by atoms with E-state index in [1.54, 1.807) is 25.2 Å². The minimum Gasteiger partial charge on any atom is -0.493 e. The van der Waals surface area contributed by atoms with Crippen LogP contribution in [0.5, 0.6) is 11.5 Å². The van der Waals surface area contributed by atoms with E-state index in [0.717, 1.165) is 5.56 Å². The SMILES string of the molecule is COc1cccc([C@@H]2NC(=O)N(C)C3=C2C(=O)N(CC(=O)Nc2ccc(C)cc2)C3)c1OC. The van der Waals surface area contributed by atoms with Gasteiger partial charge in [-0.2, -0.15) is 0 Å². The van der Waals surface area contributed by atoms with E-state index in [1.807, 2.05) is 31.2 Å². The van der Waals surface area contributed by atoms with Gasteiger partial charge in [-0.1, -0.05) is 29.8 Å². The number of nitrogens with one attached hydrogen (secondary N) is 2. The summed E-state index contributed by atoms with van der Waals surface area (Å²) in [4.78, 5) is 41.6. The number of para-hydroxylation sites is 1. The predicted molar refractivity (Wildman–Crippen MR) is 122 cm³/mol. The van der Waals surface area contributed by atoms with Crippen LogP contribution in [0.3, 0.4) is 0 Å². The Kier molecular flexibility index (Phi) is 5.95. The summed E-state index contributed by atoms with van der Waals surface area (Å²) in [6, 6.07) is 11.6. The van der Waals surface area contributed by atoms with Gasteiger partial charge >= 0.3 is 6.03 Å². The molecule has 0 aromatic heterocycles. The van der Waals surface area contributed by atoms with Gasteiger partial charge in [0.15, 0.2) is 11.5 Å². The summed E-state index contributed by atoms with van der Waals surface area (Å²) in [7, 11) is 4.63. The van der Waals surface area contributed by atoms with E-state index >= 15 is 0 Å². The van der Waals surface area contributed by atoms with Crippen molar-refractivity contribution in [2.24, 2.45) is 0 Å². The second-order valence-electron chi connectivity index (χ2n) is 7.96. The maximum Gasteiger partial charge on any atom is 0.322 e. The normalized spacial score (nSPS) is 17.6. The van der Waals surface area contributed by atoms with Crippen LogP contribution >= 0.6 is 0 Å². The van der Waals surface area contributed by atoms with Crippen LogP contribution in [0.1, 0.15) is 17.2 Å². The number of hydrogen-bond acceptors (Lipinski definition) is 5. The summed E-state index contributed by atoms with van der Waals surface area (Å²) in [5.41, 5.74) is 3.31. The Morgan fingerprint density at radius 2 is 1.85 bits per heavy atom. The van der Waals surface area contributed by atoms with E-state index in [0.29, 0.717) is 34.0 Å². The van der Waals surface area contributed by atoms with E-state index in [-0.39, 0.29) is 30.9 Å². The van der Waals surface area contributed by atoms with Gasteiger partial charge in [-0.15, -0.1) is 0 Å². The summed E-state index contributed by atoms with van der Waals surface area (Å²) in [5, 5.41) is 5.68. The molecule has 172 valence electrons. The van der Waals surface area contributed by atoms with E-state index < -0.39 is 6.04 Å². The topological polar surface area (TPSA) is 100 Å². The molecule has 9 nitrogen and oxygen atoms in total. The molecule has 2 aliphatic rings. The number of likely N-dealkylation sites (N-methyl/N-ethyl adjacent to an activating group) is 1. The number of anilines is 1. The lowest BCUT2D eigenvalue weighted by Crippen LogP contribution is -2.45. The van der Waals surface area contributed by atoms with Crippen LogP contribution in [0.15, 0.2) is 53.7 Å². The first-order valence-electron chi connectivity index (χ1n) is 10.5. The number of aryl methyl sites for hydroxylation is 1. The monoisotopic (exact) mass is 450 g/mol. The summed E-state index contributed by atoms with van der Waals surface area (Å²) in [5.74, 6) is 0.297. The highest BCUT2D eigenvalue weighted by Crippen LogP contribution is 2.42. The summed E-state index contributed by atoms with van der Waals surface area (Å²) in [6.07, 6.45) is 0. The molecule has 2 N–H and O–H groups in total. The van der Waals surface area contributed by atoms with Crippen molar-refractivity contribution >= 4 is 23.5 Å². The zero-order valence-corrected chi connectivity index (χ0v) is 19.0. The summed E-state index contributed by atoms with van der Waals surface area (Å²) >= 11 is 0. The highest BCUT2D eigenvalue weighted by Gasteiger charge is 2.44. The molecule has 4 rings (SSSR count). The number of benzene rings is 2. The predicted octanol–water partition coefficient (Wildman–Crippen LogP) is 2.44. The lowest BCUT2D eigenvalue weighted by Gasteiger charge is -2.31. The molecule has 0 saturated carbocycles. The molecule has 2 aromatic rings. The highest BCUT2D eigenvalue weighted by atomic mass is 16.5. The second kappa shape index (κ2) is 8.85. The Morgan fingerprint density at radius 1 is 1.12 bits per heavy atom. The first kappa shape index (κ1) is 22.2. The van der Waals surface area contributed by atoms with Crippen LogP contribution in [0, 0.1) is 6.92 Å². The fraction of sp³-hybridized carbons (Fsp3) is 0.292. The number of rotatable bonds is 6. The van der Waals surface area contributed by atoms with Crippen molar-refractivity contribution in [3.05, 3.63) is 64.9 Å². The lowest BCUT2D eigenvalue weighted by atomic mass is 9.94. The van der Waals surface area contributed by atoms with Crippen molar-refractivity contribution in [3.8, 4) is 11.5 Å². The van der Waals surface area contributed by atoms with Gasteiger partial charge < -0.3 is 25.0 Å². The Labute approximate surface area is 191 Å². The molecular weight excluding hydrogens is 424 g/mol. The minimum atomic E-state index is -0.730. The summed E-state index contributed by atoms with van der Waals surface area (Å²) in [6.45, 7) is 1.98. The van der Waals surface area contributed by atoms with Gasteiger partial charge in [-0.3, -0.25) is 14.5 Å². The van der Waals surface area contributed by atoms with Gasteiger partial charge in [0.25, 0.3) is 5.91 Å². The van der Waals surface area contributed by atoms with Crippen LogP contribution in [0.25, 0.3) is 0 Å². The van der Waals surface area contributed by atoms with Gasteiger partial charge in [0, 0.05) is 18.3 Å². The van der Waals surface area contributed by atoms with Crippen molar-refractivity contribution in [2.45, 2.75) is 13.0 Å². The van der Waals surface area contributed by atoms with Crippen LogP contribution in [-0.4, -0.2) is 62.0 Å². The van der Waals surface area contributed by atoms with Crippen molar-refractivity contribution in [1.29, 1.82) is 0 Å². The van der Waals surface area contributed by atoms with Gasteiger partial charge in [0.05, 0.1) is 38.1 Å². The highest BCUT2D eigenvalue weighted by molar-refractivity contribution is 6.04. The lowest BCUT2D eigenvalue weighted by molar-refractivity contribution is -0.130.